The molecule has 3 aromatic rings. The number of anilines is 1. The summed E-state index contributed by atoms with van der Waals surface area (Å²) in [7, 11) is -3.69. The van der Waals surface area contributed by atoms with Crippen molar-refractivity contribution in [2.45, 2.75) is 37.1 Å². The van der Waals surface area contributed by atoms with Gasteiger partial charge in [-0.25, -0.2) is 12.8 Å². The normalized spacial score (nSPS) is 15.2. The van der Waals surface area contributed by atoms with E-state index in [0.717, 1.165) is 30.5 Å². The van der Waals surface area contributed by atoms with E-state index >= 15 is 0 Å². The molecule has 2 heterocycles. The van der Waals surface area contributed by atoms with Crippen molar-refractivity contribution in [3.05, 3.63) is 53.3 Å². The molecule has 1 aliphatic heterocycles. The first-order valence-electron chi connectivity index (χ1n) is 10.5. The SMILES string of the molecule is O=C(Cn1nnc(-c2ccc(F)cc2)n1)Nc1cc(S(=O)(=O)N2CCCCCC2)ccc1Cl. The zero-order valence-electron chi connectivity index (χ0n) is 17.6. The maximum atomic E-state index is 13.1. The van der Waals surface area contributed by atoms with Crippen molar-refractivity contribution < 1.29 is 17.6 Å². The summed E-state index contributed by atoms with van der Waals surface area (Å²) in [5, 5.41) is 14.6. The number of hydrogen-bond acceptors (Lipinski definition) is 6. The fourth-order valence-corrected chi connectivity index (χ4v) is 5.24. The van der Waals surface area contributed by atoms with Crippen LogP contribution in [0.15, 0.2) is 47.4 Å². The maximum Gasteiger partial charge on any atom is 0.248 e. The largest absolute Gasteiger partial charge is 0.323 e. The summed E-state index contributed by atoms with van der Waals surface area (Å²) in [5.74, 6) is -0.655. The molecule has 0 saturated carbocycles. The highest BCUT2D eigenvalue weighted by Gasteiger charge is 2.26. The molecule has 0 aliphatic carbocycles. The van der Waals surface area contributed by atoms with Crippen LogP contribution in [0.1, 0.15) is 25.7 Å². The van der Waals surface area contributed by atoms with E-state index in [1.807, 2.05) is 0 Å². The number of tetrazole rings is 1. The van der Waals surface area contributed by atoms with Gasteiger partial charge in [-0.1, -0.05) is 24.4 Å². The van der Waals surface area contributed by atoms with E-state index in [-0.39, 0.29) is 33.8 Å². The van der Waals surface area contributed by atoms with Crippen LogP contribution in [0, 0.1) is 5.82 Å². The van der Waals surface area contributed by atoms with Gasteiger partial charge in [0.25, 0.3) is 0 Å². The van der Waals surface area contributed by atoms with Crippen LogP contribution in [-0.2, 0) is 21.4 Å². The van der Waals surface area contributed by atoms with E-state index in [4.69, 9.17) is 11.6 Å². The van der Waals surface area contributed by atoms with Gasteiger partial charge in [-0.3, -0.25) is 4.79 Å². The molecule has 1 fully saturated rings. The number of rotatable bonds is 6. The van der Waals surface area contributed by atoms with E-state index in [0.29, 0.717) is 18.7 Å². The van der Waals surface area contributed by atoms with Crippen molar-refractivity contribution in [3.63, 3.8) is 0 Å². The van der Waals surface area contributed by atoms with Crippen LogP contribution < -0.4 is 5.32 Å². The Morgan fingerprint density at radius 3 is 2.45 bits per heavy atom. The van der Waals surface area contributed by atoms with E-state index in [9.17, 15) is 17.6 Å². The Hall–Kier alpha value is -2.89. The minimum atomic E-state index is -3.69. The number of carbonyl (C=O) groups is 1. The smallest absolute Gasteiger partial charge is 0.248 e. The number of nitrogens with one attached hydrogen (secondary N) is 1. The summed E-state index contributed by atoms with van der Waals surface area (Å²) in [6, 6.07) is 9.81. The summed E-state index contributed by atoms with van der Waals surface area (Å²) < 4.78 is 40.7. The Balaban J connectivity index is 1.46. The molecule has 9 nitrogen and oxygen atoms in total. The van der Waals surface area contributed by atoms with Gasteiger partial charge in [-0.2, -0.15) is 9.10 Å². The molecule has 1 amide bonds. The molecule has 4 rings (SSSR count). The molecule has 0 unspecified atom stereocenters. The lowest BCUT2D eigenvalue weighted by Gasteiger charge is -2.20. The number of hydrogen-bond donors (Lipinski definition) is 1. The fourth-order valence-electron chi connectivity index (χ4n) is 3.53. The van der Waals surface area contributed by atoms with Crippen molar-refractivity contribution in [2.75, 3.05) is 18.4 Å². The summed E-state index contributed by atoms with van der Waals surface area (Å²) in [5.41, 5.74) is 0.731. The molecule has 33 heavy (non-hydrogen) atoms. The second kappa shape index (κ2) is 9.94. The highest BCUT2D eigenvalue weighted by Crippen LogP contribution is 2.28. The van der Waals surface area contributed by atoms with Crippen LogP contribution in [-0.4, -0.2) is 51.9 Å². The Labute approximate surface area is 195 Å². The average molecular weight is 493 g/mol. The second-order valence-corrected chi connectivity index (χ2v) is 10.0. The maximum absolute atomic E-state index is 13.1. The molecular formula is C21H22ClFN6O3S. The minimum Gasteiger partial charge on any atom is -0.323 e. The number of nitrogens with zero attached hydrogens (tertiary/aromatic N) is 5. The Kier molecular flexibility index (Phi) is 7.01. The number of amides is 1. The van der Waals surface area contributed by atoms with Gasteiger partial charge in [0, 0.05) is 18.7 Å². The Bertz CT molecular complexity index is 1240. The lowest BCUT2D eigenvalue weighted by Crippen LogP contribution is -2.32. The molecular weight excluding hydrogens is 471 g/mol. The quantitative estimate of drug-likeness (QED) is 0.565. The monoisotopic (exact) mass is 492 g/mol. The lowest BCUT2D eigenvalue weighted by molar-refractivity contribution is -0.117. The molecule has 174 valence electrons. The van der Waals surface area contributed by atoms with Gasteiger partial charge in [0.15, 0.2) is 0 Å². The van der Waals surface area contributed by atoms with E-state index in [1.165, 1.54) is 46.8 Å². The van der Waals surface area contributed by atoms with Crippen molar-refractivity contribution in [1.29, 1.82) is 0 Å². The molecule has 1 saturated heterocycles. The molecule has 0 spiro atoms. The van der Waals surface area contributed by atoms with Gasteiger partial charge in [0.2, 0.25) is 21.8 Å². The van der Waals surface area contributed by atoms with Gasteiger partial charge in [-0.15, -0.1) is 10.2 Å². The molecule has 1 N–H and O–H groups in total. The van der Waals surface area contributed by atoms with Crippen molar-refractivity contribution in [1.82, 2.24) is 24.5 Å². The third kappa shape index (κ3) is 5.55. The minimum absolute atomic E-state index is 0.0709. The Morgan fingerprint density at radius 1 is 1.06 bits per heavy atom. The standard InChI is InChI=1S/C21H22ClFN6O3S/c22-18-10-9-17(33(31,32)28-11-3-1-2-4-12-28)13-19(18)24-20(30)14-29-26-21(25-27-29)15-5-7-16(23)8-6-15/h5-10,13H,1-4,11-12,14H2,(H,24,30). The highest BCUT2D eigenvalue weighted by molar-refractivity contribution is 7.89. The molecule has 1 aromatic heterocycles. The van der Waals surface area contributed by atoms with Crippen LogP contribution in [0.2, 0.25) is 5.02 Å². The van der Waals surface area contributed by atoms with Gasteiger partial charge in [0.05, 0.1) is 15.6 Å². The lowest BCUT2D eigenvalue weighted by atomic mass is 10.2. The molecule has 2 aromatic carbocycles. The molecule has 12 heteroatoms. The fraction of sp³-hybridized carbons (Fsp3) is 0.333. The number of sulfonamides is 1. The van der Waals surface area contributed by atoms with Gasteiger partial charge < -0.3 is 5.32 Å². The first-order valence-corrected chi connectivity index (χ1v) is 12.3. The first-order chi connectivity index (χ1) is 15.8. The van der Waals surface area contributed by atoms with Crippen molar-refractivity contribution in [2.24, 2.45) is 0 Å². The van der Waals surface area contributed by atoms with Crippen LogP contribution in [0.25, 0.3) is 11.4 Å². The highest BCUT2D eigenvalue weighted by atomic mass is 35.5. The van der Waals surface area contributed by atoms with Gasteiger partial charge in [-0.05, 0) is 60.5 Å². The zero-order valence-corrected chi connectivity index (χ0v) is 19.2. The number of aromatic nitrogens is 4. The number of benzene rings is 2. The predicted molar refractivity (Wildman–Crippen MR) is 121 cm³/mol. The van der Waals surface area contributed by atoms with Crippen LogP contribution in [0.3, 0.4) is 0 Å². The van der Waals surface area contributed by atoms with Gasteiger partial charge in [0.1, 0.15) is 12.4 Å². The first kappa shape index (κ1) is 23.3. The summed E-state index contributed by atoms with van der Waals surface area (Å²) in [6.45, 7) is 0.676. The Morgan fingerprint density at radius 2 is 1.76 bits per heavy atom. The predicted octanol–water partition coefficient (Wildman–Crippen LogP) is 3.34. The molecule has 0 bridgehead atoms. The number of carbonyl (C=O) groups excluding carboxylic acids is 1. The second-order valence-electron chi connectivity index (χ2n) is 7.66. The number of halogens is 2. The summed E-state index contributed by atoms with van der Waals surface area (Å²) >= 11 is 6.20. The van der Waals surface area contributed by atoms with Crippen LogP contribution in [0.5, 0.6) is 0 Å². The summed E-state index contributed by atoms with van der Waals surface area (Å²) in [6.07, 6.45) is 3.66. The topological polar surface area (TPSA) is 110 Å². The van der Waals surface area contributed by atoms with Crippen molar-refractivity contribution in [3.8, 4) is 11.4 Å². The van der Waals surface area contributed by atoms with Crippen LogP contribution >= 0.6 is 11.6 Å². The summed E-state index contributed by atoms with van der Waals surface area (Å²) in [4.78, 5) is 13.7. The molecule has 0 atom stereocenters. The van der Waals surface area contributed by atoms with E-state index in [2.05, 4.69) is 20.7 Å². The third-order valence-corrected chi connectivity index (χ3v) is 7.48. The zero-order chi connectivity index (χ0) is 23.4. The molecule has 0 radical (unpaired) electrons. The van der Waals surface area contributed by atoms with Crippen LogP contribution in [0.4, 0.5) is 10.1 Å². The van der Waals surface area contributed by atoms with Gasteiger partial charge >= 0.3 is 0 Å². The van der Waals surface area contributed by atoms with Crippen molar-refractivity contribution >= 4 is 33.2 Å². The average Bonchev–Trinajstić information content (AvgIpc) is 3.06. The van der Waals surface area contributed by atoms with E-state index in [1.54, 1.807) is 0 Å². The third-order valence-electron chi connectivity index (χ3n) is 5.26. The molecule has 1 aliphatic rings. The van der Waals surface area contributed by atoms with E-state index < -0.39 is 15.9 Å².